The van der Waals surface area contributed by atoms with Gasteiger partial charge in [0.25, 0.3) is 0 Å². The van der Waals surface area contributed by atoms with E-state index in [0.29, 0.717) is 0 Å². The van der Waals surface area contributed by atoms with Gasteiger partial charge in [-0.2, -0.15) is 9.37 Å². The number of pyridine rings is 1. The summed E-state index contributed by atoms with van der Waals surface area (Å²) in [7, 11) is 0. The van der Waals surface area contributed by atoms with E-state index < -0.39 is 30.6 Å². The Morgan fingerprint density at radius 3 is 2.55 bits per heavy atom. The number of alkyl halides is 3. The molecular weight excluding hydrogens is 284 g/mol. The normalized spacial score (nSPS) is 11.3. The molecule has 0 fully saturated rings. The van der Waals surface area contributed by atoms with Crippen LogP contribution in [0.3, 0.4) is 0 Å². The van der Waals surface area contributed by atoms with Crippen LogP contribution in [0.5, 0.6) is 5.88 Å². The number of rotatable bonds is 5. The van der Waals surface area contributed by atoms with Gasteiger partial charge in [-0.1, -0.05) is 0 Å². The molecule has 0 aromatic carbocycles. The number of hydrogen-bond donors (Lipinski definition) is 1. The number of nitrogens with zero attached hydrogens (tertiary/aromatic N) is 1. The summed E-state index contributed by atoms with van der Waals surface area (Å²) in [6.07, 6.45) is -5.46. The number of ether oxygens (including phenoxy) is 2. The zero-order valence-electron chi connectivity index (χ0n) is 10.5. The van der Waals surface area contributed by atoms with E-state index in [9.17, 15) is 22.4 Å². The molecule has 0 atom stereocenters. The fraction of sp³-hybridized carbons (Fsp3) is 0.455. The van der Waals surface area contributed by atoms with Crippen molar-refractivity contribution < 1.29 is 31.8 Å². The fourth-order valence-corrected chi connectivity index (χ4v) is 1.40. The van der Waals surface area contributed by atoms with Crippen molar-refractivity contribution in [2.24, 2.45) is 5.73 Å². The molecule has 0 spiro atoms. The molecule has 0 unspecified atom stereocenters. The van der Waals surface area contributed by atoms with E-state index in [1.54, 1.807) is 6.92 Å². The molecule has 0 radical (unpaired) electrons. The van der Waals surface area contributed by atoms with Crippen LogP contribution in [0, 0.1) is 5.95 Å². The summed E-state index contributed by atoms with van der Waals surface area (Å²) in [5.74, 6) is -2.93. The van der Waals surface area contributed by atoms with Crippen LogP contribution in [-0.4, -0.2) is 23.9 Å². The van der Waals surface area contributed by atoms with Crippen LogP contribution in [-0.2, 0) is 22.5 Å². The maximum atomic E-state index is 13.5. The van der Waals surface area contributed by atoms with E-state index in [1.807, 2.05) is 0 Å². The third-order valence-corrected chi connectivity index (χ3v) is 2.16. The quantitative estimate of drug-likeness (QED) is 0.508. The molecule has 0 amide bonds. The van der Waals surface area contributed by atoms with Gasteiger partial charge in [-0.25, -0.2) is 0 Å². The SMILES string of the molecule is CCOC(=O)Cc1cc(CN)c(OC(F)(F)F)nc1F. The lowest BCUT2D eigenvalue weighted by atomic mass is 10.1. The summed E-state index contributed by atoms with van der Waals surface area (Å²) < 4.78 is 58.0. The largest absolute Gasteiger partial charge is 0.574 e. The summed E-state index contributed by atoms with van der Waals surface area (Å²) >= 11 is 0. The second-order valence-electron chi connectivity index (χ2n) is 3.64. The van der Waals surface area contributed by atoms with Gasteiger partial charge >= 0.3 is 12.3 Å². The molecule has 9 heteroatoms. The van der Waals surface area contributed by atoms with Crippen LogP contribution >= 0.6 is 0 Å². The molecule has 1 heterocycles. The first-order valence-electron chi connectivity index (χ1n) is 5.56. The minimum absolute atomic E-state index is 0.104. The van der Waals surface area contributed by atoms with E-state index >= 15 is 0 Å². The van der Waals surface area contributed by atoms with Crippen molar-refractivity contribution >= 4 is 5.97 Å². The van der Waals surface area contributed by atoms with Gasteiger partial charge < -0.3 is 15.2 Å². The topological polar surface area (TPSA) is 74.4 Å². The van der Waals surface area contributed by atoms with Gasteiger partial charge in [0.1, 0.15) is 0 Å². The summed E-state index contributed by atoms with van der Waals surface area (Å²) in [4.78, 5) is 14.3. The molecule has 112 valence electrons. The average molecular weight is 296 g/mol. The predicted octanol–water partition coefficient (Wildman–Crippen LogP) is 1.68. The maximum Gasteiger partial charge on any atom is 0.574 e. The summed E-state index contributed by atoms with van der Waals surface area (Å²) in [5, 5.41) is 0. The number of hydrogen-bond acceptors (Lipinski definition) is 5. The Labute approximate surface area is 111 Å². The van der Waals surface area contributed by atoms with Crippen molar-refractivity contribution in [1.29, 1.82) is 0 Å². The Morgan fingerprint density at radius 2 is 2.05 bits per heavy atom. The summed E-state index contributed by atoms with van der Waals surface area (Å²) in [6.45, 7) is 1.32. The Hall–Kier alpha value is -1.90. The van der Waals surface area contributed by atoms with Gasteiger partial charge in [-0.3, -0.25) is 4.79 Å². The smallest absolute Gasteiger partial charge is 0.466 e. The first kappa shape index (κ1) is 16.2. The van der Waals surface area contributed by atoms with E-state index in [-0.39, 0.29) is 24.3 Å². The third-order valence-electron chi connectivity index (χ3n) is 2.16. The number of halogens is 4. The molecule has 1 rings (SSSR count). The van der Waals surface area contributed by atoms with Crippen LogP contribution in [0.25, 0.3) is 0 Å². The molecule has 0 aliphatic carbocycles. The van der Waals surface area contributed by atoms with Gasteiger partial charge in [-0.05, 0) is 13.0 Å². The van der Waals surface area contributed by atoms with Gasteiger partial charge in [-0.15, -0.1) is 13.2 Å². The molecule has 0 saturated carbocycles. The van der Waals surface area contributed by atoms with Gasteiger partial charge in [0.15, 0.2) is 0 Å². The standard InChI is InChI=1S/C11H12F4N2O3/c1-2-19-8(18)4-6-3-7(5-16)10(17-9(6)12)20-11(13,14)15/h3H,2,4-5,16H2,1H3. The Balaban J connectivity index is 3.03. The molecule has 0 bridgehead atoms. The lowest BCUT2D eigenvalue weighted by molar-refractivity contribution is -0.276. The maximum absolute atomic E-state index is 13.5. The van der Waals surface area contributed by atoms with E-state index in [4.69, 9.17) is 5.73 Å². The second kappa shape index (κ2) is 6.51. The highest BCUT2D eigenvalue weighted by Gasteiger charge is 2.33. The van der Waals surface area contributed by atoms with Crippen molar-refractivity contribution in [3.63, 3.8) is 0 Å². The summed E-state index contributed by atoms with van der Waals surface area (Å²) in [5.41, 5.74) is 4.88. The van der Waals surface area contributed by atoms with Crippen molar-refractivity contribution in [1.82, 2.24) is 4.98 Å². The number of esters is 1. The third kappa shape index (κ3) is 4.65. The van der Waals surface area contributed by atoms with E-state index in [0.717, 1.165) is 6.07 Å². The predicted molar refractivity (Wildman–Crippen MR) is 59.1 cm³/mol. The monoisotopic (exact) mass is 296 g/mol. The minimum atomic E-state index is -5.01. The summed E-state index contributed by atoms with van der Waals surface area (Å²) in [6, 6.07) is 1.00. The van der Waals surface area contributed by atoms with Crippen LogP contribution in [0.15, 0.2) is 6.07 Å². The number of nitrogens with two attached hydrogens (primary N) is 1. The molecule has 20 heavy (non-hydrogen) atoms. The number of carbonyl (C=O) groups is 1. The average Bonchev–Trinajstić information content (AvgIpc) is 2.31. The van der Waals surface area contributed by atoms with Gasteiger partial charge in [0.2, 0.25) is 11.8 Å². The molecule has 2 N–H and O–H groups in total. The molecule has 5 nitrogen and oxygen atoms in total. The first-order chi connectivity index (χ1) is 9.26. The molecule has 1 aromatic heterocycles. The lowest BCUT2D eigenvalue weighted by Gasteiger charge is -2.13. The van der Waals surface area contributed by atoms with Crippen molar-refractivity contribution in [3.8, 4) is 5.88 Å². The van der Waals surface area contributed by atoms with Crippen LogP contribution in [0.4, 0.5) is 17.6 Å². The highest BCUT2D eigenvalue weighted by Crippen LogP contribution is 2.26. The Bertz CT molecular complexity index is 491. The second-order valence-corrected chi connectivity index (χ2v) is 3.64. The van der Waals surface area contributed by atoms with Gasteiger partial charge in [0, 0.05) is 17.7 Å². The van der Waals surface area contributed by atoms with Crippen LogP contribution < -0.4 is 10.5 Å². The van der Waals surface area contributed by atoms with E-state index in [2.05, 4.69) is 14.5 Å². The molecule has 0 aliphatic heterocycles. The number of aromatic nitrogens is 1. The van der Waals surface area contributed by atoms with Crippen LogP contribution in [0.2, 0.25) is 0 Å². The van der Waals surface area contributed by atoms with Crippen molar-refractivity contribution in [2.45, 2.75) is 26.3 Å². The van der Waals surface area contributed by atoms with E-state index in [1.165, 1.54) is 0 Å². The zero-order valence-corrected chi connectivity index (χ0v) is 10.5. The highest BCUT2D eigenvalue weighted by atomic mass is 19.4. The highest BCUT2D eigenvalue weighted by molar-refractivity contribution is 5.72. The molecule has 1 aromatic rings. The first-order valence-corrected chi connectivity index (χ1v) is 5.56. The van der Waals surface area contributed by atoms with Crippen molar-refractivity contribution in [2.75, 3.05) is 6.61 Å². The molecule has 0 aliphatic rings. The van der Waals surface area contributed by atoms with Crippen LogP contribution in [0.1, 0.15) is 18.1 Å². The Kier molecular flexibility index (Phi) is 5.26. The van der Waals surface area contributed by atoms with Crippen molar-refractivity contribution in [3.05, 3.63) is 23.1 Å². The van der Waals surface area contributed by atoms with Gasteiger partial charge in [0.05, 0.1) is 13.0 Å². The minimum Gasteiger partial charge on any atom is -0.466 e. The molecular formula is C11H12F4N2O3. The zero-order chi connectivity index (χ0) is 15.3. The molecule has 0 saturated heterocycles. The number of carbonyl (C=O) groups excluding carboxylic acids is 1. The fourth-order valence-electron chi connectivity index (χ4n) is 1.40. The lowest BCUT2D eigenvalue weighted by Crippen LogP contribution is -2.21. The Morgan fingerprint density at radius 1 is 1.40 bits per heavy atom.